The van der Waals surface area contributed by atoms with Crippen LogP contribution in [-0.4, -0.2) is 20.0 Å². The van der Waals surface area contributed by atoms with Crippen LogP contribution in [0.3, 0.4) is 0 Å². The van der Waals surface area contributed by atoms with Gasteiger partial charge in [0.05, 0.1) is 0 Å². The van der Waals surface area contributed by atoms with E-state index in [1.807, 2.05) is 19.6 Å². The van der Waals surface area contributed by atoms with E-state index in [9.17, 15) is 18.0 Å². The van der Waals surface area contributed by atoms with Gasteiger partial charge >= 0.3 is 6.18 Å². The van der Waals surface area contributed by atoms with Crippen molar-refractivity contribution in [2.75, 3.05) is 0 Å². The Morgan fingerprint density at radius 2 is 1.70 bits per heavy atom. The summed E-state index contributed by atoms with van der Waals surface area (Å²) in [5.74, 6) is 1.44. The quantitative estimate of drug-likeness (QED) is 0.345. The van der Waals surface area contributed by atoms with Gasteiger partial charge in [0.1, 0.15) is 13.6 Å². The van der Waals surface area contributed by atoms with E-state index in [-0.39, 0.29) is 5.56 Å². The predicted octanol–water partition coefficient (Wildman–Crippen LogP) is 4.24. The molecule has 1 rings (SSSR count). The Labute approximate surface area is 117 Å². The first kappa shape index (κ1) is 16.3. The lowest BCUT2D eigenvalue weighted by atomic mass is 10.1. The maximum Gasteiger partial charge on any atom is 0.424 e. The number of hydrogen-bond acceptors (Lipinski definition) is 1. The van der Waals surface area contributed by atoms with Gasteiger partial charge in [-0.3, -0.25) is 4.79 Å². The first-order chi connectivity index (χ1) is 9.09. The topological polar surface area (TPSA) is 17.1 Å². The maximum atomic E-state index is 12.9. The van der Waals surface area contributed by atoms with Gasteiger partial charge in [-0.2, -0.15) is 13.2 Å². The number of alkyl halides is 3. The van der Waals surface area contributed by atoms with Crippen LogP contribution in [0.5, 0.6) is 0 Å². The van der Waals surface area contributed by atoms with Gasteiger partial charge in [-0.05, 0) is 0 Å². The van der Waals surface area contributed by atoms with Crippen molar-refractivity contribution >= 4 is 13.9 Å². The van der Waals surface area contributed by atoms with Crippen LogP contribution in [0.25, 0.3) is 0 Å². The molecular weight excluding hydrogens is 281 g/mol. The molecule has 0 heterocycles. The van der Waals surface area contributed by atoms with E-state index in [4.69, 9.17) is 0 Å². The average molecular weight is 296 g/mol. The van der Waals surface area contributed by atoms with Gasteiger partial charge in [0.2, 0.25) is 0 Å². The third-order valence-corrected chi connectivity index (χ3v) is 3.09. The molecule has 0 amide bonds. The number of allylic oxidation sites excluding steroid dienone is 2. The highest BCUT2D eigenvalue weighted by molar-refractivity contribution is 6.83. The Bertz CT molecular complexity index is 569. The number of benzene rings is 1. The standard InChI is InChI=1S/C15H15F3OSi/c1-20(2,3)10-9-13(15(16,17)18)11-14(19)12-7-5-4-6-8-12/h4-8,11H,1-3H3/b13-11+. The Kier molecular flexibility index (Phi) is 4.96. The third-order valence-electron chi connectivity index (χ3n) is 2.21. The molecule has 1 aromatic rings. The zero-order valence-corrected chi connectivity index (χ0v) is 12.5. The summed E-state index contributed by atoms with van der Waals surface area (Å²) >= 11 is 0. The molecule has 5 heteroatoms. The summed E-state index contributed by atoms with van der Waals surface area (Å²) in [4.78, 5) is 11.8. The molecule has 0 aliphatic heterocycles. The van der Waals surface area contributed by atoms with Crippen LogP contribution in [-0.2, 0) is 0 Å². The normalized spacial score (nSPS) is 12.6. The molecule has 1 nitrogen and oxygen atoms in total. The summed E-state index contributed by atoms with van der Waals surface area (Å²) in [6, 6.07) is 7.83. The molecule has 0 unspecified atom stereocenters. The van der Waals surface area contributed by atoms with E-state index in [0.29, 0.717) is 6.08 Å². The molecule has 0 radical (unpaired) electrons. The molecule has 0 aliphatic carbocycles. The van der Waals surface area contributed by atoms with Crippen LogP contribution < -0.4 is 0 Å². The molecule has 0 atom stereocenters. The Hall–Kier alpha value is -1.80. The zero-order chi connectivity index (χ0) is 15.4. The third kappa shape index (κ3) is 5.45. The van der Waals surface area contributed by atoms with E-state index in [2.05, 4.69) is 11.5 Å². The molecule has 1 aromatic carbocycles. The SMILES string of the molecule is C[Si](C)(C)C#C/C(=C\C(=O)c1ccccc1)C(F)(F)F. The number of ketones is 1. The minimum absolute atomic E-state index is 0.212. The van der Waals surface area contributed by atoms with Gasteiger partial charge in [-0.1, -0.05) is 55.9 Å². The van der Waals surface area contributed by atoms with Crippen molar-refractivity contribution in [1.82, 2.24) is 0 Å². The van der Waals surface area contributed by atoms with Crippen molar-refractivity contribution in [3.05, 3.63) is 47.5 Å². The summed E-state index contributed by atoms with van der Waals surface area (Å²) in [7, 11) is -1.94. The molecule has 0 fully saturated rings. The zero-order valence-electron chi connectivity index (χ0n) is 11.5. The molecule has 0 saturated heterocycles. The van der Waals surface area contributed by atoms with E-state index >= 15 is 0 Å². The van der Waals surface area contributed by atoms with Crippen LogP contribution in [0.2, 0.25) is 19.6 Å². The molecule has 0 aliphatic rings. The first-order valence-corrected chi connectivity index (χ1v) is 9.51. The summed E-state index contributed by atoms with van der Waals surface area (Å²) in [6.07, 6.45) is -4.04. The number of carbonyl (C=O) groups excluding carboxylic acids is 1. The van der Waals surface area contributed by atoms with Gasteiger partial charge in [-0.25, -0.2) is 0 Å². The fourth-order valence-corrected chi connectivity index (χ4v) is 1.77. The molecule has 0 N–H and O–H groups in total. The monoisotopic (exact) mass is 296 g/mol. The Morgan fingerprint density at radius 3 is 2.15 bits per heavy atom. The molecule has 106 valence electrons. The van der Waals surface area contributed by atoms with Gasteiger partial charge in [-0.15, -0.1) is 5.54 Å². The van der Waals surface area contributed by atoms with Crippen molar-refractivity contribution in [3.8, 4) is 11.5 Å². The number of carbonyl (C=O) groups is 1. The highest BCUT2D eigenvalue weighted by Crippen LogP contribution is 2.25. The Morgan fingerprint density at radius 1 is 1.15 bits per heavy atom. The maximum absolute atomic E-state index is 12.9. The molecular formula is C15H15F3OSi. The van der Waals surface area contributed by atoms with E-state index in [1.165, 1.54) is 12.1 Å². The summed E-state index contributed by atoms with van der Waals surface area (Å²) < 4.78 is 38.6. The predicted molar refractivity (Wildman–Crippen MR) is 76.0 cm³/mol. The van der Waals surface area contributed by atoms with E-state index in [1.54, 1.807) is 18.2 Å². The highest BCUT2D eigenvalue weighted by atomic mass is 28.3. The van der Waals surface area contributed by atoms with Gasteiger partial charge in [0.15, 0.2) is 5.78 Å². The number of hydrogen-bond donors (Lipinski definition) is 0. The number of halogens is 3. The molecule has 0 bridgehead atoms. The van der Waals surface area contributed by atoms with Gasteiger partial charge < -0.3 is 0 Å². The second-order valence-corrected chi connectivity index (χ2v) is 10.0. The minimum Gasteiger partial charge on any atom is -0.289 e. The van der Waals surface area contributed by atoms with Crippen molar-refractivity contribution in [2.24, 2.45) is 0 Å². The summed E-state index contributed by atoms with van der Waals surface area (Å²) in [5.41, 5.74) is 1.76. The van der Waals surface area contributed by atoms with Crippen molar-refractivity contribution in [3.63, 3.8) is 0 Å². The fraction of sp³-hybridized carbons (Fsp3) is 0.267. The summed E-state index contributed by atoms with van der Waals surface area (Å²) in [6.45, 7) is 5.52. The lowest BCUT2D eigenvalue weighted by molar-refractivity contribution is -0.0872. The minimum atomic E-state index is -4.61. The van der Waals surface area contributed by atoms with Gasteiger partial charge in [0, 0.05) is 11.6 Å². The van der Waals surface area contributed by atoms with Crippen LogP contribution in [0.4, 0.5) is 13.2 Å². The van der Waals surface area contributed by atoms with Gasteiger partial charge in [0.25, 0.3) is 0 Å². The fourth-order valence-electron chi connectivity index (χ4n) is 1.26. The van der Waals surface area contributed by atoms with Crippen LogP contribution in [0.15, 0.2) is 42.0 Å². The van der Waals surface area contributed by atoms with Crippen molar-refractivity contribution in [1.29, 1.82) is 0 Å². The number of rotatable bonds is 2. The highest BCUT2D eigenvalue weighted by Gasteiger charge is 2.33. The second kappa shape index (κ2) is 6.10. The molecule has 0 saturated carbocycles. The van der Waals surface area contributed by atoms with Crippen LogP contribution in [0.1, 0.15) is 10.4 Å². The lowest BCUT2D eigenvalue weighted by Gasteiger charge is -2.08. The van der Waals surface area contributed by atoms with Crippen molar-refractivity contribution < 1.29 is 18.0 Å². The average Bonchev–Trinajstić information content (AvgIpc) is 2.32. The molecule has 20 heavy (non-hydrogen) atoms. The first-order valence-electron chi connectivity index (χ1n) is 6.01. The molecule has 0 aromatic heterocycles. The second-order valence-electron chi connectivity index (χ2n) is 5.29. The van der Waals surface area contributed by atoms with E-state index in [0.717, 1.165) is 0 Å². The smallest absolute Gasteiger partial charge is 0.289 e. The summed E-state index contributed by atoms with van der Waals surface area (Å²) in [5, 5.41) is 0. The largest absolute Gasteiger partial charge is 0.424 e. The van der Waals surface area contributed by atoms with Crippen molar-refractivity contribution in [2.45, 2.75) is 25.8 Å². The van der Waals surface area contributed by atoms with E-state index < -0.39 is 25.6 Å². The Balaban J connectivity index is 3.15. The lowest BCUT2D eigenvalue weighted by Crippen LogP contribution is -2.18. The van der Waals surface area contributed by atoms with Crippen LogP contribution >= 0.6 is 0 Å². The molecule has 0 spiro atoms. The van der Waals surface area contributed by atoms with Crippen LogP contribution in [0, 0.1) is 11.5 Å².